The number of amides is 2. The third-order valence-electron chi connectivity index (χ3n) is 4.77. The minimum Gasteiger partial charge on any atom is -0.394 e. The van der Waals surface area contributed by atoms with E-state index in [4.69, 9.17) is 0 Å². The smallest absolute Gasteiger partial charge is 0.318 e. The molecule has 0 unspecified atom stereocenters. The van der Waals surface area contributed by atoms with E-state index >= 15 is 0 Å². The van der Waals surface area contributed by atoms with Crippen LogP contribution in [0.1, 0.15) is 35.6 Å². The lowest BCUT2D eigenvalue weighted by molar-refractivity contribution is 0.127. The second kappa shape index (κ2) is 8.16. The molecule has 6 nitrogen and oxygen atoms in total. The summed E-state index contributed by atoms with van der Waals surface area (Å²) in [5.74, 6) is 0. The molecule has 1 aliphatic rings. The molecule has 2 amide bonds. The molecule has 1 aromatic heterocycles. The molecular formula is C19H26N4O2. The maximum absolute atomic E-state index is 12.5. The van der Waals surface area contributed by atoms with E-state index in [-0.39, 0.29) is 18.7 Å². The van der Waals surface area contributed by atoms with Gasteiger partial charge in [-0.05, 0) is 42.4 Å². The Morgan fingerprint density at radius 3 is 2.96 bits per heavy atom. The van der Waals surface area contributed by atoms with Gasteiger partial charge in [-0.3, -0.25) is 4.68 Å². The first-order valence-corrected chi connectivity index (χ1v) is 8.89. The molecule has 3 rings (SSSR count). The van der Waals surface area contributed by atoms with Gasteiger partial charge in [0.15, 0.2) is 0 Å². The molecule has 0 saturated carbocycles. The Morgan fingerprint density at radius 2 is 2.20 bits per heavy atom. The number of nitrogens with one attached hydrogen (secondary N) is 1. The van der Waals surface area contributed by atoms with E-state index in [0.29, 0.717) is 13.1 Å². The molecule has 0 bridgehead atoms. The highest BCUT2D eigenvalue weighted by molar-refractivity contribution is 5.75. The van der Waals surface area contributed by atoms with Gasteiger partial charge in [-0.25, -0.2) is 4.79 Å². The molecule has 0 fully saturated rings. The first kappa shape index (κ1) is 17.5. The Hall–Kier alpha value is -2.34. The van der Waals surface area contributed by atoms with Crippen LogP contribution in [0.2, 0.25) is 0 Å². The highest BCUT2D eigenvalue weighted by atomic mass is 16.3. The van der Waals surface area contributed by atoms with Gasteiger partial charge in [-0.1, -0.05) is 24.3 Å². The van der Waals surface area contributed by atoms with Crippen molar-refractivity contribution in [3.63, 3.8) is 0 Å². The van der Waals surface area contributed by atoms with Crippen LogP contribution in [0.5, 0.6) is 0 Å². The molecular weight excluding hydrogens is 316 g/mol. The SMILES string of the molecule is Cn1cc(CCCCNC(=O)N2CCc3ccccc3[C@H]2CO)cn1. The lowest BCUT2D eigenvalue weighted by atomic mass is 9.93. The standard InChI is InChI=1S/C19H26N4O2/c1-22-13-15(12-21-22)6-4-5-10-20-19(25)23-11-9-16-7-2-3-8-17(16)18(23)14-24/h2-3,7-8,12-13,18,24H,4-6,9-11,14H2,1H3,(H,20,25)/t18-/m1/s1. The van der Waals surface area contributed by atoms with Gasteiger partial charge in [0, 0.05) is 26.3 Å². The van der Waals surface area contributed by atoms with Crippen molar-refractivity contribution in [1.82, 2.24) is 20.0 Å². The van der Waals surface area contributed by atoms with Crippen molar-refractivity contribution < 1.29 is 9.90 Å². The predicted octanol–water partition coefficient (Wildman–Crippen LogP) is 2.04. The lowest BCUT2D eigenvalue weighted by Crippen LogP contribution is -2.47. The maximum atomic E-state index is 12.5. The normalized spacial score (nSPS) is 16.6. The summed E-state index contributed by atoms with van der Waals surface area (Å²) in [6.45, 7) is 1.24. The molecule has 2 heterocycles. The number of unbranched alkanes of at least 4 members (excludes halogenated alkanes) is 1. The van der Waals surface area contributed by atoms with E-state index in [0.717, 1.165) is 31.2 Å². The molecule has 0 saturated heterocycles. The zero-order chi connectivity index (χ0) is 17.6. The van der Waals surface area contributed by atoms with Crippen LogP contribution in [-0.4, -0.2) is 45.5 Å². The third-order valence-corrected chi connectivity index (χ3v) is 4.77. The van der Waals surface area contributed by atoms with E-state index in [2.05, 4.69) is 16.5 Å². The molecule has 2 N–H and O–H groups in total. The van der Waals surface area contributed by atoms with Gasteiger partial charge in [0.2, 0.25) is 0 Å². The van der Waals surface area contributed by atoms with Crippen LogP contribution < -0.4 is 5.32 Å². The van der Waals surface area contributed by atoms with Crippen LogP contribution in [0.25, 0.3) is 0 Å². The van der Waals surface area contributed by atoms with Crippen LogP contribution in [0.15, 0.2) is 36.7 Å². The van der Waals surface area contributed by atoms with E-state index in [1.807, 2.05) is 37.6 Å². The summed E-state index contributed by atoms with van der Waals surface area (Å²) in [7, 11) is 1.91. The molecule has 0 aliphatic carbocycles. The molecule has 6 heteroatoms. The van der Waals surface area contributed by atoms with E-state index in [1.54, 1.807) is 9.58 Å². The second-order valence-corrected chi connectivity index (χ2v) is 6.55. The van der Waals surface area contributed by atoms with E-state index in [1.165, 1.54) is 11.1 Å². The van der Waals surface area contributed by atoms with Crippen LogP contribution in [0, 0.1) is 0 Å². The number of aromatic nitrogens is 2. The Bertz CT molecular complexity index is 713. The topological polar surface area (TPSA) is 70.4 Å². The van der Waals surface area contributed by atoms with Crippen LogP contribution in [0.4, 0.5) is 4.79 Å². The van der Waals surface area contributed by atoms with Crippen molar-refractivity contribution in [2.24, 2.45) is 7.05 Å². The van der Waals surface area contributed by atoms with Crippen molar-refractivity contribution in [3.05, 3.63) is 53.3 Å². The van der Waals surface area contributed by atoms with Crippen molar-refractivity contribution in [2.45, 2.75) is 31.7 Å². The third kappa shape index (κ3) is 4.20. The number of fused-ring (bicyclic) bond motifs is 1. The van der Waals surface area contributed by atoms with E-state index < -0.39 is 0 Å². The average molecular weight is 342 g/mol. The number of carbonyl (C=O) groups is 1. The first-order chi connectivity index (χ1) is 12.2. The Balaban J connectivity index is 1.46. The monoisotopic (exact) mass is 342 g/mol. The van der Waals surface area contributed by atoms with Gasteiger partial charge in [-0.15, -0.1) is 0 Å². The number of aliphatic hydroxyl groups is 1. The van der Waals surface area contributed by atoms with E-state index in [9.17, 15) is 9.90 Å². The molecule has 134 valence electrons. The fraction of sp³-hybridized carbons (Fsp3) is 0.474. The first-order valence-electron chi connectivity index (χ1n) is 8.89. The summed E-state index contributed by atoms with van der Waals surface area (Å²) in [4.78, 5) is 14.3. The molecule has 1 aromatic carbocycles. The summed E-state index contributed by atoms with van der Waals surface area (Å²) < 4.78 is 1.81. The number of aryl methyl sites for hydroxylation is 2. The minimum absolute atomic E-state index is 0.0502. The largest absolute Gasteiger partial charge is 0.394 e. The van der Waals surface area contributed by atoms with Gasteiger partial charge >= 0.3 is 6.03 Å². The summed E-state index contributed by atoms with van der Waals surface area (Å²) in [6.07, 6.45) is 7.65. The molecule has 1 atom stereocenters. The van der Waals surface area contributed by atoms with Crippen molar-refractivity contribution in [2.75, 3.05) is 19.7 Å². The van der Waals surface area contributed by atoms with Crippen LogP contribution in [-0.2, 0) is 19.9 Å². The Kier molecular flexibility index (Phi) is 5.71. The number of hydrogen-bond donors (Lipinski definition) is 2. The van der Waals surface area contributed by atoms with Gasteiger partial charge in [0.25, 0.3) is 0 Å². The highest BCUT2D eigenvalue weighted by Gasteiger charge is 2.29. The number of benzene rings is 1. The lowest BCUT2D eigenvalue weighted by Gasteiger charge is -2.36. The highest BCUT2D eigenvalue weighted by Crippen LogP contribution is 2.29. The number of aliphatic hydroxyl groups excluding tert-OH is 1. The number of hydrogen-bond acceptors (Lipinski definition) is 3. The zero-order valence-electron chi connectivity index (χ0n) is 14.7. The molecule has 0 spiro atoms. The van der Waals surface area contributed by atoms with Crippen LogP contribution >= 0.6 is 0 Å². The van der Waals surface area contributed by atoms with Crippen molar-refractivity contribution in [1.29, 1.82) is 0 Å². The van der Waals surface area contributed by atoms with Gasteiger partial charge in [0.1, 0.15) is 0 Å². The molecule has 25 heavy (non-hydrogen) atoms. The Morgan fingerprint density at radius 1 is 1.36 bits per heavy atom. The average Bonchev–Trinajstić information content (AvgIpc) is 3.05. The number of rotatable bonds is 6. The quantitative estimate of drug-likeness (QED) is 0.789. The number of carbonyl (C=O) groups excluding carboxylic acids is 1. The fourth-order valence-corrected chi connectivity index (χ4v) is 3.44. The second-order valence-electron chi connectivity index (χ2n) is 6.55. The summed E-state index contributed by atoms with van der Waals surface area (Å²) in [5, 5.41) is 16.9. The molecule has 0 radical (unpaired) electrons. The zero-order valence-corrected chi connectivity index (χ0v) is 14.7. The van der Waals surface area contributed by atoms with Gasteiger partial charge in [0.05, 0.1) is 18.8 Å². The molecule has 1 aliphatic heterocycles. The Labute approximate surface area is 148 Å². The summed E-state index contributed by atoms with van der Waals surface area (Å²) in [6, 6.07) is 7.71. The predicted molar refractivity (Wildman–Crippen MR) is 96.2 cm³/mol. The molecule has 2 aromatic rings. The number of nitrogens with zero attached hydrogens (tertiary/aromatic N) is 3. The van der Waals surface area contributed by atoms with Gasteiger partial charge < -0.3 is 15.3 Å². The fourth-order valence-electron chi connectivity index (χ4n) is 3.44. The summed E-state index contributed by atoms with van der Waals surface area (Å²) >= 11 is 0. The number of urea groups is 1. The van der Waals surface area contributed by atoms with Crippen molar-refractivity contribution in [3.8, 4) is 0 Å². The minimum atomic E-state index is -0.250. The van der Waals surface area contributed by atoms with Crippen LogP contribution in [0.3, 0.4) is 0 Å². The van der Waals surface area contributed by atoms with Gasteiger partial charge in [-0.2, -0.15) is 5.10 Å². The summed E-state index contributed by atoms with van der Waals surface area (Å²) in [5.41, 5.74) is 3.51. The maximum Gasteiger partial charge on any atom is 0.318 e. The van der Waals surface area contributed by atoms with Crippen molar-refractivity contribution >= 4 is 6.03 Å².